The molecule has 11 nitrogen and oxygen atoms in total. The average molecular weight is 629 g/mol. The summed E-state index contributed by atoms with van der Waals surface area (Å²) in [6, 6.07) is 5.25. The van der Waals surface area contributed by atoms with E-state index in [4.69, 9.17) is 21.9 Å². The molecule has 0 radical (unpaired) electrons. The van der Waals surface area contributed by atoms with Gasteiger partial charge in [-0.2, -0.15) is 13.2 Å². The van der Waals surface area contributed by atoms with Crippen molar-refractivity contribution >= 4 is 35.0 Å². The SMILES string of the molecule is C=C/C(=C\N=C(C)C(=C=O)N(C)C/C(C=NC)=C(/N)C(F)(F)F)c1cccc(NC(/C=C(\N)NC(=O)C2CC2)=C(\C)N)c1OC. The number of anilines is 1. The van der Waals surface area contributed by atoms with Crippen LogP contribution in [0.1, 0.15) is 32.3 Å². The molecule has 0 spiro atoms. The van der Waals surface area contributed by atoms with Gasteiger partial charge in [0.05, 0.1) is 24.2 Å². The first-order valence-corrected chi connectivity index (χ1v) is 13.7. The minimum Gasteiger partial charge on any atom is -0.494 e. The molecule has 1 aromatic rings. The van der Waals surface area contributed by atoms with E-state index in [1.165, 1.54) is 51.4 Å². The number of amides is 1. The van der Waals surface area contributed by atoms with Gasteiger partial charge in [-0.1, -0.05) is 24.8 Å². The Bertz CT molecular complexity index is 1520. The molecule has 8 N–H and O–H groups in total. The number of carbonyl (C=O) groups is 1. The number of nitrogens with one attached hydrogen (secondary N) is 2. The number of rotatable bonds is 14. The van der Waals surface area contributed by atoms with Crippen molar-refractivity contribution in [2.75, 3.05) is 33.1 Å². The topological polar surface area (TPSA) is 173 Å². The smallest absolute Gasteiger partial charge is 0.431 e. The zero-order chi connectivity index (χ0) is 33.9. The molecule has 1 aliphatic rings. The Morgan fingerprint density at radius 1 is 1.24 bits per heavy atom. The second kappa shape index (κ2) is 16.0. The van der Waals surface area contributed by atoms with Crippen molar-refractivity contribution in [2.45, 2.75) is 32.9 Å². The maximum absolute atomic E-state index is 13.2. The molecular formula is C31H39F3N8O3. The Morgan fingerprint density at radius 3 is 2.42 bits per heavy atom. The zero-order valence-electron chi connectivity index (χ0n) is 25.9. The van der Waals surface area contributed by atoms with Gasteiger partial charge < -0.3 is 37.5 Å². The Balaban J connectivity index is 2.41. The van der Waals surface area contributed by atoms with Gasteiger partial charge in [0.15, 0.2) is 5.94 Å². The highest BCUT2D eigenvalue weighted by molar-refractivity contribution is 6.04. The highest BCUT2D eigenvalue weighted by Gasteiger charge is 2.34. The van der Waals surface area contributed by atoms with E-state index in [1.807, 2.05) is 0 Å². The van der Waals surface area contributed by atoms with Crippen LogP contribution in [0, 0.1) is 5.92 Å². The number of aliphatic imine (C=N–C) groups is 2. The molecule has 242 valence electrons. The number of benzene rings is 1. The lowest BCUT2D eigenvalue weighted by molar-refractivity contribution is -0.121. The molecule has 1 aliphatic carbocycles. The van der Waals surface area contributed by atoms with Gasteiger partial charge >= 0.3 is 6.18 Å². The van der Waals surface area contributed by atoms with Crippen LogP contribution >= 0.6 is 0 Å². The number of methoxy groups -OCH3 is 1. The van der Waals surface area contributed by atoms with E-state index in [0.29, 0.717) is 34.0 Å². The fourth-order valence-electron chi connectivity index (χ4n) is 4.01. The van der Waals surface area contributed by atoms with Gasteiger partial charge in [-0.15, -0.1) is 0 Å². The van der Waals surface area contributed by atoms with Crippen molar-refractivity contribution < 1.29 is 27.5 Å². The molecule has 0 bridgehead atoms. The van der Waals surface area contributed by atoms with Crippen LogP contribution in [0.4, 0.5) is 18.9 Å². The number of alkyl halides is 3. The number of hydrogen-bond donors (Lipinski definition) is 5. The maximum atomic E-state index is 13.2. The summed E-state index contributed by atoms with van der Waals surface area (Å²) in [5.41, 5.74) is 18.2. The van der Waals surface area contributed by atoms with E-state index < -0.39 is 11.9 Å². The predicted octanol–water partition coefficient (Wildman–Crippen LogP) is 3.73. The first-order valence-electron chi connectivity index (χ1n) is 13.7. The van der Waals surface area contributed by atoms with Crippen molar-refractivity contribution in [2.24, 2.45) is 33.1 Å². The number of carbonyl (C=O) groups excluding carboxylic acids is 2. The first kappa shape index (κ1) is 36.0. The molecule has 0 heterocycles. The van der Waals surface area contributed by atoms with Gasteiger partial charge in [0.25, 0.3) is 0 Å². The van der Waals surface area contributed by atoms with E-state index in [-0.39, 0.29) is 41.2 Å². The third-order valence-electron chi connectivity index (χ3n) is 6.52. The van der Waals surface area contributed by atoms with Crippen LogP contribution in [-0.4, -0.2) is 62.6 Å². The second-order valence-electron chi connectivity index (χ2n) is 10.1. The van der Waals surface area contributed by atoms with Crippen LogP contribution in [0.3, 0.4) is 0 Å². The Labute approximate surface area is 260 Å². The summed E-state index contributed by atoms with van der Waals surface area (Å²) in [4.78, 5) is 33.2. The fourth-order valence-corrected chi connectivity index (χ4v) is 4.01. The van der Waals surface area contributed by atoms with E-state index in [1.54, 1.807) is 31.1 Å². The third-order valence-corrected chi connectivity index (χ3v) is 6.52. The van der Waals surface area contributed by atoms with Crippen molar-refractivity contribution in [1.82, 2.24) is 10.2 Å². The van der Waals surface area contributed by atoms with Gasteiger partial charge in [0, 0.05) is 67.5 Å². The van der Waals surface area contributed by atoms with Crippen molar-refractivity contribution in [3.8, 4) is 5.75 Å². The maximum Gasteiger partial charge on any atom is 0.431 e. The summed E-state index contributed by atoms with van der Waals surface area (Å²) < 4.78 is 45.4. The van der Waals surface area contributed by atoms with Crippen LogP contribution in [0.15, 0.2) is 87.3 Å². The lowest BCUT2D eigenvalue weighted by Gasteiger charge is -2.21. The molecule has 1 amide bonds. The third kappa shape index (κ3) is 10.2. The summed E-state index contributed by atoms with van der Waals surface area (Å²) in [5, 5.41) is 5.84. The number of nitrogens with zero attached hydrogens (tertiary/aromatic N) is 3. The molecule has 14 heteroatoms. The van der Waals surface area contributed by atoms with Gasteiger partial charge in [0.1, 0.15) is 23.0 Å². The number of ether oxygens (including phenoxy) is 1. The van der Waals surface area contributed by atoms with Crippen molar-refractivity contribution in [3.63, 3.8) is 0 Å². The van der Waals surface area contributed by atoms with Crippen LogP contribution < -0.4 is 32.6 Å². The van der Waals surface area contributed by atoms with Gasteiger partial charge in [0.2, 0.25) is 5.91 Å². The molecule has 0 saturated heterocycles. The van der Waals surface area contributed by atoms with E-state index in [2.05, 4.69) is 27.2 Å². The number of allylic oxidation sites excluding steroid dienone is 6. The van der Waals surface area contributed by atoms with Crippen LogP contribution in [0.2, 0.25) is 0 Å². The first-order chi connectivity index (χ1) is 21.2. The highest BCUT2D eigenvalue weighted by Crippen LogP contribution is 2.35. The normalized spacial score (nSPS) is 15.5. The van der Waals surface area contributed by atoms with Crippen molar-refractivity contribution in [1.29, 1.82) is 0 Å². The van der Waals surface area contributed by atoms with Gasteiger partial charge in [-0.3, -0.25) is 14.8 Å². The monoisotopic (exact) mass is 628 g/mol. The molecule has 0 aliphatic heterocycles. The number of likely N-dealkylation sites (N-methyl/N-ethyl adjacent to an activating group) is 1. The minimum atomic E-state index is -4.77. The Kier molecular flexibility index (Phi) is 12.8. The van der Waals surface area contributed by atoms with E-state index in [9.17, 15) is 22.8 Å². The highest BCUT2D eigenvalue weighted by atomic mass is 19.4. The van der Waals surface area contributed by atoms with Gasteiger partial charge in [-0.05, 0) is 32.8 Å². The molecular weight excluding hydrogens is 589 g/mol. The minimum absolute atomic E-state index is 0.0278. The lowest BCUT2D eigenvalue weighted by Crippen LogP contribution is -2.30. The van der Waals surface area contributed by atoms with E-state index >= 15 is 0 Å². The molecule has 2 rings (SSSR count). The summed E-state index contributed by atoms with van der Waals surface area (Å²) in [6.07, 6.45) is 2.33. The summed E-state index contributed by atoms with van der Waals surface area (Å²) in [5.74, 6) is 2.07. The van der Waals surface area contributed by atoms with Crippen molar-refractivity contribution in [3.05, 3.63) is 82.9 Å². The average Bonchev–Trinajstić information content (AvgIpc) is 3.82. The number of nitrogens with two attached hydrogens (primary N) is 3. The van der Waals surface area contributed by atoms with Crippen LogP contribution in [0.25, 0.3) is 5.57 Å². The Hall–Kier alpha value is -5.23. The lowest BCUT2D eigenvalue weighted by atomic mass is 10.0. The summed E-state index contributed by atoms with van der Waals surface area (Å²) in [7, 11) is 4.19. The molecule has 1 saturated carbocycles. The number of para-hydroxylation sites is 1. The van der Waals surface area contributed by atoms with Crippen LogP contribution in [0.5, 0.6) is 5.75 Å². The predicted molar refractivity (Wildman–Crippen MR) is 171 cm³/mol. The summed E-state index contributed by atoms with van der Waals surface area (Å²) >= 11 is 0. The number of hydrogen-bond acceptors (Lipinski definition) is 10. The number of halogens is 3. The fraction of sp³-hybridized carbons (Fsp3) is 0.323. The standard InChI is InChI=1S/C31H39F3N8O3/c1-7-20(15-39-19(3)26(17-43)42(5)16-22(14-38-4)29(37)31(32,33)34)23-9-8-10-24(28(23)45-6)40-25(18(2)35)13-27(36)41-30(44)21-11-12-21/h7-10,13-15,21,40H,1,11-12,16,35-37H2,2-6H3,(H,41,44)/b20-15+,25-18+,27-13+,29-22+,38-14?,39-19?. The molecule has 0 atom stereocenters. The van der Waals surface area contributed by atoms with E-state index in [0.717, 1.165) is 19.1 Å². The second-order valence-corrected chi connectivity index (χ2v) is 10.1. The molecule has 1 aromatic carbocycles. The summed E-state index contributed by atoms with van der Waals surface area (Å²) in [6.45, 7) is 6.65. The Morgan fingerprint density at radius 2 is 1.91 bits per heavy atom. The molecule has 0 unspecified atom stereocenters. The molecule has 45 heavy (non-hydrogen) atoms. The quantitative estimate of drug-likeness (QED) is 0.118. The largest absolute Gasteiger partial charge is 0.494 e. The molecule has 0 aromatic heterocycles. The van der Waals surface area contributed by atoms with Gasteiger partial charge in [-0.25, -0.2) is 4.79 Å². The van der Waals surface area contributed by atoms with Crippen LogP contribution in [-0.2, 0) is 9.59 Å². The zero-order valence-corrected chi connectivity index (χ0v) is 25.9. The molecule has 1 fully saturated rings.